The number of hydrogen-bond acceptors (Lipinski definition) is 3. The first-order chi connectivity index (χ1) is 40.5. The van der Waals surface area contributed by atoms with Crippen LogP contribution in [0.2, 0.25) is 0 Å². The van der Waals surface area contributed by atoms with E-state index < -0.39 is 7.14 Å². The van der Waals surface area contributed by atoms with Crippen molar-refractivity contribution >= 4 is 122 Å². The molecular formula is C78H49N2OP. The first-order valence-corrected chi connectivity index (χ1v) is 29.9. The topological polar surface area (TPSA) is 23.6 Å². The van der Waals surface area contributed by atoms with Gasteiger partial charge in [0.1, 0.15) is 0 Å². The van der Waals surface area contributed by atoms with Crippen LogP contribution in [0.25, 0.3) is 109 Å². The fourth-order valence-corrected chi connectivity index (χ4v) is 17.1. The third-order valence-electron chi connectivity index (χ3n) is 17.4. The third kappa shape index (κ3) is 6.94. The van der Waals surface area contributed by atoms with Gasteiger partial charge in [-0.15, -0.1) is 0 Å². The highest BCUT2D eigenvalue weighted by atomic mass is 31.2. The van der Waals surface area contributed by atoms with Gasteiger partial charge in [0, 0.05) is 32.8 Å². The summed E-state index contributed by atoms with van der Waals surface area (Å²) in [5.41, 5.74) is 14.5. The Morgan fingerprint density at radius 3 is 0.927 bits per heavy atom. The molecule has 0 unspecified atom stereocenters. The van der Waals surface area contributed by atoms with Gasteiger partial charge < -0.3 is 14.4 Å². The molecule has 17 rings (SSSR count). The molecule has 0 fully saturated rings. The van der Waals surface area contributed by atoms with Gasteiger partial charge >= 0.3 is 0 Å². The summed E-state index contributed by atoms with van der Waals surface area (Å²) >= 11 is 0. The zero-order chi connectivity index (χ0) is 54.0. The van der Waals surface area contributed by atoms with Crippen LogP contribution < -0.4 is 25.7 Å². The molecular weight excluding hydrogens is 1010 g/mol. The van der Waals surface area contributed by atoms with E-state index in [4.69, 9.17) is 0 Å². The van der Waals surface area contributed by atoms with Crippen molar-refractivity contribution < 1.29 is 4.57 Å². The molecule has 382 valence electrons. The van der Waals surface area contributed by atoms with E-state index in [1.165, 1.54) is 32.3 Å². The highest BCUT2D eigenvalue weighted by Gasteiger charge is 2.50. The molecule has 0 atom stereocenters. The average molecular weight is 1060 g/mol. The SMILES string of the molecule is O=P12c3ccc4c(ccc5c6ccccc6ccc45)c3N(c3cc(-c4ccccc4)cc(-c4ccccc4)c3)c3cccc(c31)N(c1cc(-c3ccccc3)cc(-c3ccccc3)c1)c1c2ccc2c1ccc1c3ccccc3ccc21. The first-order valence-electron chi connectivity index (χ1n) is 28.2. The molecule has 3 nitrogen and oxygen atoms in total. The summed E-state index contributed by atoms with van der Waals surface area (Å²) in [6.07, 6.45) is 0. The molecule has 15 aromatic rings. The third-order valence-corrected chi connectivity index (χ3v) is 20.6. The number of rotatable bonds is 6. The van der Waals surface area contributed by atoms with Gasteiger partial charge in [-0.3, -0.25) is 0 Å². The van der Waals surface area contributed by atoms with Gasteiger partial charge in [0.15, 0.2) is 7.14 Å². The molecule has 0 aromatic heterocycles. The first kappa shape index (κ1) is 46.6. The molecule has 0 amide bonds. The van der Waals surface area contributed by atoms with Gasteiger partial charge in [0.05, 0.1) is 28.1 Å². The average Bonchev–Trinajstić information content (AvgIpc) is 0.880. The molecule has 2 heterocycles. The zero-order valence-electron chi connectivity index (χ0n) is 44.5. The van der Waals surface area contributed by atoms with Crippen LogP contribution in [-0.2, 0) is 4.57 Å². The van der Waals surface area contributed by atoms with Gasteiger partial charge in [-0.1, -0.05) is 237 Å². The molecule has 0 radical (unpaired) electrons. The van der Waals surface area contributed by atoms with Crippen molar-refractivity contribution in [3.63, 3.8) is 0 Å². The second kappa shape index (κ2) is 18.1. The Labute approximate surface area is 475 Å². The van der Waals surface area contributed by atoms with Crippen LogP contribution in [0, 0.1) is 0 Å². The van der Waals surface area contributed by atoms with Crippen molar-refractivity contribution in [1.29, 1.82) is 0 Å². The Morgan fingerprint density at radius 2 is 0.537 bits per heavy atom. The molecule has 0 bridgehead atoms. The van der Waals surface area contributed by atoms with Crippen molar-refractivity contribution in [3.05, 3.63) is 297 Å². The maximum absolute atomic E-state index is 18.4. The number of anilines is 6. The standard InChI is InChI=1S/C78H49N2OP/c81-82-74-42-40-68-66-34-32-54-26-13-15-28-62(54)64(66)36-38-70(68)76(74)79(60-46-56(50-18-5-1-6-19-50)44-57(47-60)51-20-7-2-8-21-51)72-30-17-31-73(78(72)82)80(61-48-58(52-22-9-3-10-23-52)45-59(49-61)53-24-11-4-12-25-53)77-71-39-37-65-63-29-16-14-27-55(63)33-35-67(65)69(71)41-43-75(77)82/h1-49H. The van der Waals surface area contributed by atoms with E-state index in [2.05, 4.69) is 307 Å². The Hall–Kier alpha value is -10.3. The smallest absolute Gasteiger partial charge is 0.179 e. The van der Waals surface area contributed by atoms with Crippen molar-refractivity contribution in [2.75, 3.05) is 9.80 Å². The zero-order valence-corrected chi connectivity index (χ0v) is 45.4. The molecule has 2 aliphatic heterocycles. The number of hydrogen-bond donors (Lipinski definition) is 0. The number of fused-ring (bicyclic) bond motifs is 16. The molecule has 0 saturated carbocycles. The predicted octanol–water partition coefficient (Wildman–Crippen LogP) is 20.5. The second-order valence-electron chi connectivity index (χ2n) is 21.9. The van der Waals surface area contributed by atoms with Crippen LogP contribution in [0.4, 0.5) is 34.1 Å². The predicted molar refractivity (Wildman–Crippen MR) is 349 cm³/mol. The van der Waals surface area contributed by atoms with Crippen molar-refractivity contribution in [1.82, 2.24) is 0 Å². The lowest BCUT2D eigenvalue weighted by molar-refractivity contribution is 0.592. The van der Waals surface area contributed by atoms with Crippen LogP contribution in [0.3, 0.4) is 0 Å². The van der Waals surface area contributed by atoms with Crippen LogP contribution in [-0.4, -0.2) is 0 Å². The van der Waals surface area contributed by atoms with Gasteiger partial charge in [-0.05, 0) is 159 Å². The summed E-state index contributed by atoms with van der Waals surface area (Å²) in [4.78, 5) is 4.91. The quantitative estimate of drug-likeness (QED) is 0.122. The lowest BCUT2D eigenvalue weighted by Gasteiger charge is -2.45. The second-order valence-corrected chi connectivity index (χ2v) is 24.5. The van der Waals surface area contributed by atoms with E-state index in [0.29, 0.717) is 0 Å². The fraction of sp³-hybridized carbons (Fsp3) is 0. The summed E-state index contributed by atoms with van der Waals surface area (Å²) < 4.78 is 18.4. The molecule has 4 heteroatoms. The molecule has 15 aromatic carbocycles. The normalized spacial score (nSPS) is 13.2. The van der Waals surface area contributed by atoms with Gasteiger partial charge in [-0.25, -0.2) is 0 Å². The Balaban J connectivity index is 1.02. The lowest BCUT2D eigenvalue weighted by atomic mass is 9.94. The Morgan fingerprint density at radius 1 is 0.232 bits per heavy atom. The molecule has 0 N–H and O–H groups in total. The monoisotopic (exact) mass is 1060 g/mol. The summed E-state index contributed by atoms with van der Waals surface area (Å²) in [5.74, 6) is 0. The number of benzene rings is 15. The summed E-state index contributed by atoms with van der Waals surface area (Å²) in [6, 6.07) is 108. The van der Waals surface area contributed by atoms with Crippen molar-refractivity contribution in [2.45, 2.75) is 0 Å². The molecule has 2 aliphatic rings. The van der Waals surface area contributed by atoms with E-state index in [1.54, 1.807) is 0 Å². The largest absolute Gasteiger partial charge is 0.308 e. The maximum atomic E-state index is 18.4. The van der Waals surface area contributed by atoms with E-state index in [-0.39, 0.29) is 0 Å². The minimum atomic E-state index is -3.80. The number of nitrogens with zero attached hydrogens (tertiary/aromatic N) is 2. The molecule has 0 aliphatic carbocycles. The van der Waals surface area contributed by atoms with Crippen LogP contribution in [0.5, 0.6) is 0 Å². The van der Waals surface area contributed by atoms with Crippen LogP contribution >= 0.6 is 7.14 Å². The molecule has 0 spiro atoms. The summed E-state index contributed by atoms with van der Waals surface area (Å²) in [7, 11) is -3.80. The minimum absolute atomic E-state index is 0.821. The summed E-state index contributed by atoms with van der Waals surface area (Å²) in [6.45, 7) is 0. The molecule has 0 saturated heterocycles. The Bertz CT molecular complexity index is 4760. The Kier molecular flexibility index (Phi) is 10.3. The van der Waals surface area contributed by atoms with E-state index in [9.17, 15) is 0 Å². The highest BCUT2D eigenvalue weighted by molar-refractivity contribution is 7.86. The maximum Gasteiger partial charge on any atom is 0.179 e. The minimum Gasteiger partial charge on any atom is -0.308 e. The summed E-state index contributed by atoms with van der Waals surface area (Å²) in [5, 5.41) is 16.3. The van der Waals surface area contributed by atoms with Gasteiger partial charge in [0.2, 0.25) is 0 Å². The van der Waals surface area contributed by atoms with Crippen molar-refractivity contribution in [2.24, 2.45) is 0 Å². The van der Waals surface area contributed by atoms with Gasteiger partial charge in [0.25, 0.3) is 0 Å². The van der Waals surface area contributed by atoms with Gasteiger partial charge in [-0.2, -0.15) is 0 Å². The molecule has 82 heavy (non-hydrogen) atoms. The lowest BCUT2D eigenvalue weighted by Crippen LogP contribution is -2.43. The van der Waals surface area contributed by atoms with Crippen LogP contribution in [0.15, 0.2) is 297 Å². The fourth-order valence-electron chi connectivity index (χ4n) is 13.8. The van der Waals surface area contributed by atoms with E-state index >= 15 is 4.57 Å². The highest BCUT2D eigenvalue weighted by Crippen LogP contribution is 2.64. The van der Waals surface area contributed by atoms with E-state index in [1.807, 2.05) is 0 Å². The van der Waals surface area contributed by atoms with E-state index in [0.717, 1.165) is 127 Å². The van der Waals surface area contributed by atoms with Crippen molar-refractivity contribution in [3.8, 4) is 44.5 Å². The van der Waals surface area contributed by atoms with Crippen LogP contribution in [0.1, 0.15) is 0 Å².